The van der Waals surface area contributed by atoms with Crippen LogP contribution in [0.1, 0.15) is 26.7 Å². The predicted octanol–water partition coefficient (Wildman–Crippen LogP) is 2.67. The summed E-state index contributed by atoms with van der Waals surface area (Å²) in [6.45, 7) is 3.93. The number of ether oxygens (including phenoxy) is 1. The number of rotatable bonds is 2. The molecule has 0 aliphatic carbocycles. The van der Waals surface area contributed by atoms with Gasteiger partial charge in [0.05, 0.1) is 0 Å². The second-order valence-corrected chi connectivity index (χ2v) is 5.05. The van der Waals surface area contributed by atoms with Gasteiger partial charge in [0.2, 0.25) is 0 Å². The number of ketones is 1. The molecule has 2 heterocycles. The van der Waals surface area contributed by atoms with E-state index in [4.69, 9.17) is 27.9 Å². The fraction of sp³-hybridized carbons (Fsp3) is 0.727. The van der Waals surface area contributed by atoms with Crippen LogP contribution in [0.5, 0.6) is 0 Å². The molecule has 0 aromatic rings. The predicted molar refractivity (Wildman–Crippen MR) is 60.6 cm³/mol. The van der Waals surface area contributed by atoms with Crippen LogP contribution in [0.15, 0.2) is 12.2 Å². The summed E-state index contributed by atoms with van der Waals surface area (Å²) < 4.78 is 5.97. The van der Waals surface area contributed by atoms with E-state index in [0.29, 0.717) is 12.8 Å². The lowest BCUT2D eigenvalue weighted by Crippen LogP contribution is -2.59. The van der Waals surface area contributed by atoms with Crippen molar-refractivity contribution in [3.8, 4) is 0 Å². The van der Waals surface area contributed by atoms with Crippen molar-refractivity contribution in [1.29, 1.82) is 0 Å². The number of hydrogen-bond donors (Lipinski definition) is 0. The molecule has 4 heteroatoms. The van der Waals surface area contributed by atoms with Crippen LogP contribution >= 0.6 is 23.2 Å². The van der Waals surface area contributed by atoms with Gasteiger partial charge in [0.25, 0.3) is 0 Å². The Hall–Kier alpha value is -0.0500. The van der Waals surface area contributed by atoms with Gasteiger partial charge in [-0.25, -0.2) is 0 Å². The van der Waals surface area contributed by atoms with Gasteiger partial charge in [-0.15, -0.1) is 23.2 Å². The van der Waals surface area contributed by atoms with Crippen molar-refractivity contribution in [2.75, 3.05) is 0 Å². The molecule has 84 valence electrons. The summed E-state index contributed by atoms with van der Waals surface area (Å²) in [6.07, 6.45) is 5.20. The summed E-state index contributed by atoms with van der Waals surface area (Å²) in [4.78, 5) is 11.9. The summed E-state index contributed by atoms with van der Waals surface area (Å²) in [7, 11) is 0. The van der Waals surface area contributed by atoms with E-state index < -0.39 is 22.0 Å². The van der Waals surface area contributed by atoms with Gasteiger partial charge in [-0.05, 0) is 12.8 Å². The van der Waals surface area contributed by atoms with Gasteiger partial charge in [-0.2, -0.15) is 0 Å². The summed E-state index contributed by atoms with van der Waals surface area (Å²) in [5.41, 5.74) is -1.28. The van der Waals surface area contributed by atoms with Crippen LogP contribution in [0, 0.1) is 0 Å². The fourth-order valence-corrected chi connectivity index (χ4v) is 3.18. The zero-order valence-corrected chi connectivity index (χ0v) is 10.3. The highest BCUT2D eigenvalue weighted by molar-refractivity contribution is 6.42. The molecule has 0 N–H and O–H groups in total. The van der Waals surface area contributed by atoms with Crippen molar-refractivity contribution in [1.82, 2.24) is 0 Å². The SMILES string of the molecule is CC[C@@]12C=C[C@@](CC)(O1)C(Cl)C(=O)C2Cl. The second kappa shape index (κ2) is 3.47. The Labute approximate surface area is 99.6 Å². The molecule has 1 fully saturated rings. The molecule has 4 atom stereocenters. The Morgan fingerprint density at radius 2 is 1.60 bits per heavy atom. The monoisotopic (exact) mass is 248 g/mol. The minimum absolute atomic E-state index is 0.113. The van der Waals surface area contributed by atoms with Crippen LogP contribution in [0.4, 0.5) is 0 Å². The average Bonchev–Trinajstić information content (AvgIpc) is 2.64. The molecule has 0 radical (unpaired) electrons. The van der Waals surface area contributed by atoms with Crippen molar-refractivity contribution in [2.24, 2.45) is 0 Å². The number of carbonyl (C=O) groups is 1. The van der Waals surface area contributed by atoms with Gasteiger partial charge in [0.1, 0.15) is 22.0 Å². The molecular formula is C11H14Cl2O2. The highest BCUT2D eigenvalue weighted by Crippen LogP contribution is 2.48. The number of hydrogen-bond acceptors (Lipinski definition) is 2. The van der Waals surface area contributed by atoms with Gasteiger partial charge in [0, 0.05) is 0 Å². The van der Waals surface area contributed by atoms with E-state index in [2.05, 4.69) is 0 Å². The third-order valence-corrected chi connectivity index (χ3v) is 4.66. The normalized spacial score (nSPS) is 48.7. The summed E-state index contributed by atoms with van der Waals surface area (Å²) in [5, 5.41) is -1.33. The first-order valence-corrected chi connectivity index (χ1v) is 6.11. The minimum atomic E-state index is -0.663. The average molecular weight is 249 g/mol. The van der Waals surface area contributed by atoms with Crippen molar-refractivity contribution < 1.29 is 9.53 Å². The first-order chi connectivity index (χ1) is 7.01. The maximum Gasteiger partial charge on any atom is 0.175 e. The van der Waals surface area contributed by atoms with E-state index in [0.717, 1.165) is 0 Å². The molecule has 0 spiro atoms. The largest absolute Gasteiger partial charge is 0.356 e. The number of Topliss-reactive ketones (excluding diaryl/α,β-unsaturated/α-hetero) is 1. The smallest absolute Gasteiger partial charge is 0.175 e. The third kappa shape index (κ3) is 1.31. The first-order valence-electron chi connectivity index (χ1n) is 5.24. The Bertz CT molecular complexity index is 301. The number of halogens is 2. The van der Waals surface area contributed by atoms with Gasteiger partial charge in [0.15, 0.2) is 5.78 Å². The summed E-state index contributed by atoms with van der Waals surface area (Å²) in [6, 6.07) is 0. The maximum absolute atomic E-state index is 11.9. The molecule has 2 unspecified atom stereocenters. The molecule has 0 aromatic carbocycles. The van der Waals surface area contributed by atoms with E-state index in [1.807, 2.05) is 26.0 Å². The van der Waals surface area contributed by atoms with Gasteiger partial charge >= 0.3 is 0 Å². The maximum atomic E-state index is 11.9. The molecule has 0 amide bonds. The number of fused-ring (bicyclic) bond motifs is 2. The Balaban J connectivity index is 2.45. The molecule has 2 rings (SSSR count). The Morgan fingerprint density at radius 3 is 1.93 bits per heavy atom. The number of alkyl halides is 2. The van der Waals surface area contributed by atoms with E-state index in [1.54, 1.807) is 0 Å². The van der Waals surface area contributed by atoms with E-state index in [1.165, 1.54) is 0 Å². The van der Waals surface area contributed by atoms with Crippen LogP contribution in [0.3, 0.4) is 0 Å². The lowest BCUT2D eigenvalue weighted by Gasteiger charge is -2.44. The van der Waals surface area contributed by atoms with Crippen LogP contribution in [0.2, 0.25) is 0 Å². The second-order valence-electron chi connectivity index (χ2n) is 4.18. The van der Waals surface area contributed by atoms with Gasteiger partial charge in [-0.1, -0.05) is 26.0 Å². The zero-order valence-electron chi connectivity index (χ0n) is 8.80. The van der Waals surface area contributed by atoms with Crippen LogP contribution in [-0.4, -0.2) is 27.7 Å². The molecule has 2 nitrogen and oxygen atoms in total. The molecule has 0 saturated carbocycles. The summed E-state index contributed by atoms with van der Waals surface area (Å²) >= 11 is 12.2. The molecule has 2 bridgehead atoms. The van der Waals surface area contributed by atoms with Crippen molar-refractivity contribution in [3.63, 3.8) is 0 Å². The van der Waals surface area contributed by atoms with Crippen molar-refractivity contribution in [3.05, 3.63) is 12.2 Å². The quantitative estimate of drug-likeness (QED) is 0.555. The Morgan fingerprint density at radius 1 is 1.20 bits per heavy atom. The van der Waals surface area contributed by atoms with Crippen molar-refractivity contribution >= 4 is 29.0 Å². The molecular weight excluding hydrogens is 235 g/mol. The topological polar surface area (TPSA) is 26.3 Å². The highest BCUT2D eigenvalue weighted by Gasteiger charge is 2.60. The third-order valence-electron chi connectivity index (χ3n) is 3.49. The van der Waals surface area contributed by atoms with Gasteiger partial charge in [-0.3, -0.25) is 4.79 Å². The Kier molecular flexibility index (Phi) is 2.65. The lowest BCUT2D eigenvalue weighted by molar-refractivity contribution is -0.152. The van der Waals surface area contributed by atoms with E-state index >= 15 is 0 Å². The summed E-state index contributed by atoms with van der Waals surface area (Å²) in [5.74, 6) is -0.113. The van der Waals surface area contributed by atoms with Crippen LogP contribution in [0.25, 0.3) is 0 Å². The van der Waals surface area contributed by atoms with E-state index in [9.17, 15) is 4.79 Å². The molecule has 2 aliphatic heterocycles. The van der Waals surface area contributed by atoms with Crippen LogP contribution < -0.4 is 0 Å². The van der Waals surface area contributed by atoms with Gasteiger partial charge < -0.3 is 4.74 Å². The standard InChI is InChI=1S/C11H14Cl2O2/c1-3-10-5-6-11(4-2,15-10)9(13)7(14)8(10)12/h5-6,8-9H,3-4H2,1-2H3/t8?,9?,10-,11+. The number of carbonyl (C=O) groups excluding carboxylic acids is 1. The fourth-order valence-electron chi connectivity index (χ4n) is 2.32. The highest BCUT2D eigenvalue weighted by atomic mass is 35.5. The molecule has 0 aromatic heterocycles. The van der Waals surface area contributed by atoms with E-state index in [-0.39, 0.29) is 5.78 Å². The molecule has 1 saturated heterocycles. The minimum Gasteiger partial charge on any atom is -0.356 e. The first kappa shape index (κ1) is 11.4. The van der Waals surface area contributed by atoms with Crippen molar-refractivity contribution in [2.45, 2.75) is 48.6 Å². The van der Waals surface area contributed by atoms with Crippen LogP contribution in [-0.2, 0) is 9.53 Å². The molecule has 15 heavy (non-hydrogen) atoms. The zero-order chi connectivity index (χ0) is 11.3. The molecule has 2 aliphatic rings. The lowest BCUT2D eigenvalue weighted by atomic mass is 9.86.